The van der Waals surface area contributed by atoms with Crippen LogP contribution >= 0.6 is 50.9 Å². The van der Waals surface area contributed by atoms with Crippen LogP contribution in [0.1, 0.15) is 20.8 Å². The van der Waals surface area contributed by atoms with E-state index in [9.17, 15) is 0 Å². The average molecular weight is 359 g/mol. The van der Waals surface area contributed by atoms with Gasteiger partial charge in [0.1, 0.15) is 0 Å². The van der Waals surface area contributed by atoms with Gasteiger partial charge in [0.2, 0.25) is 0 Å². The lowest BCUT2D eigenvalue weighted by Gasteiger charge is -2.30. The first-order valence-electron chi connectivity index (χ1n) is 3.52. The van der Waals surface area contributed by atoms with Crippen LogP contribution in [0.4, 0.5) is 0 Å². The van der Waals surface area contributed by atoms with Gasteiger partial charge < -0.3 is 4.48 Å². The minimum atomic E-state index is 0. The van der Waals surface area contributed by atoms with Gasteiger partial charge in [-0.3, -0.25) is 0 Å². The molecule has 0 aromatic heterocycles. The highest BCUT2D eigenvalue weighted by Gasteiger charge is 2.10. The zero-order valence-corrected chi connectivity index (χ0v) is 12.9. The van der Waals surface area contributed by atoms with Crippen molar-refractivity contribution in [1.82, 2.24) is 0 Å². The van der Waals surface area contributed by atoms with Crippen LogP contribution < -0.4 is 0 Å². The van der Waals surface area contributed by atoms with Crippen LogP contribution in [0.3, 0.4) is 0 Å². The molecule has 0 heterocycles. The van der Waals surface area contributed by atoms with Crippen molar-refractivity contribution in [2.24, 2.45) is 0 Å². The summed E-state index contributed by atoms with van der Waals surface area (Å²) in [5.74, 6) is 0. The SMILES string of the molecule is Br.Br.Br.CC[N+](C)(CC)CC. The van der Waals surface area contributed by atoms with E-state index in [0.29, 0.717) is 0 Å². The Kier molecular flexibility index (Phi) is 23.7. The third-order valence-corrected chi connectivity index (χ3v) is 2.29. The molecule has 0 aliphatic rings. The highest BCUT2D eigenvalue weighted by molar-refractivity contribution is 8.93. The largest absolute Gasteiger partial charge is 0.327 e. The average Bonchev–Trinajstić information content (AvgIpc) is 1.87. The van der Waals surface area contributed by atoms with Gasteiger partial charge in [-0.25, -0.2) is 0 Å². The van der Waals surface area contributed by atoms with E-state index in [1.54, 1.807) is 0 Å². The summed E-state index contributed by atoms with van der Waals surface area (Å²) in [6.45, 7) is 10.5. The monoisotopic (exact) mass is 356 g/mol. The Morgan fingerprint density at radius 1 is 0.727 bits per heavy atom. The summed E-state index contributed by atoms with van der Waals surface area (Å²) in [5.41, 5.74) is 0. The number of hydrogen-bond donors (Lipinski definition) is 0. The highest BCUT2D eigenvalue weighted by atomic mass is 79.9. The first-order valence-corrected chi connectivity index (χ1v) is 3.52. The summed E-state index contributed by atoms with van der Waals surface area (Å²) in [7, 11) is 2.29. The fourth-order valence-corrected chi connectivity index (χ4v) is 0.671. The summed E-state index contributed by atoms with van der Waals surface area (Å²) in [6, 6.07) is 0. The van der Waals surface area contributed by atoms with Crippen LogP contribution in [0.25, 0.3) is 0 Å². The molecule has 0 spiro atoms. The predicted molar refractivity (Wildman–Crippen MR) is 68.8 cm³/mol. The molecule has 0 saturated carbocycles. The number of rotatable bonds is 3. The Labute approximate surface area is 102 Å². The minimum absolute atomic E-state index is 0. The van der Waals surface area contributed by atoms with E-state index in [0.717, 1.165) is 0 Å². The third-order valence-electron chi connectivity index (χ3n) is 2.29. The first-order chi connectivity index (χ1) is 3.68. The molecule has 1 nitrogen and oxygen atoms in total. The lowest BCUT2D eigenvalue weighted by molar-refractivity contribution is -0.904. The normalized spacial score (nSPS) is 8.73. The molecule has 0 radical (unpaired) electrons. The van der Waals surface area contributed by atoms with Crippen molar-refractivity contribution < 1.29 is 4.48 Å². The summed E-state index contributed by atoms with van der Waals surface area (Å²) in [6.07, 6.45) is 0. The maximum absolute atomic E-state index is 2.29. The Morgan fingerprint density at radius 3 is 0.909 bits per heavy atom. The Hall–Kier alpha value is 1.40. The van der Waals surface area contributed by atoms with Gasteiger partial charge in [-0.05, 0) is 20.8 Å². The number of halogens is 3. The maximum atomic E-state index is 2.29. The van der Waals surface area contributed by atoms with Gasteiger partial charge in [0, 0.05) is 0 Å². The zero-order chi connectivity index (χ0) is 6.62. The summed E-state index contributed by atoms with van der Waals surface area (Å²) < 4.78 is 1.21. The first kappa shape index (κ1) is 22.8. The van der Waals surface area contributed by atoms with Crippen molar-refractivity contribution in [1.29, 1.82) is 0 Å². The molecule has 0 N–H and O–H groups in total. The van der Waals surface area contributed by atoms with Gasteiger partial charge in [0.15, 0.2) is 0 Å². The van der Waals surface area contributed by atoms with Gasteiger partial charge >= 0.3 is 0 Å². The molecule has 0 rings (SSSR count). The molecular formula is C7H21Br3N+. The van der Waals surface area contributed by atoms with Crippen LogP contribution in [0.2, 0.25) is 0 Å². The molecular weight excluding hydrogens is 338 g/mol. The van der Waals surface area contributed by atoms with E-state index in [2.05, 4.69) is 27.8 Å². The second kappa shape index (κ2) is 11.4. The van der Waals surface area contributed by atoms with E-state index in [1.807, 2.05) is 0 Å². The number of quaternary nitrogens is 1. The van der Waals surface area contributed by atoms with Crippen molar-refractivity contribution in [3.05, 3.63) is 0 Å². The highest BCUT2D eigenvalue weighted by Crippen LogP contribution is 1.97. The fraction of sp³-hybridized carbons (Fsp3) is 1.00. The predicted octanol–water partition coefficient (Wildman–Crippen LogP) is 3.23. The van der Waals surface area contributed by atoms with Crippen molar-refractivity contribution in [3.8, 4) is 0 Å². The minimum Gasteiger partial charge on any atom is -0.327 e. The third kappa shape index (κ3) is 9.31. The number of nitrogens with zero attached hydrogens (tertiary/aromatic N) is 1. The molecule has 74 valence electrons. The Morgan fingerprint density at radius 2 is 0.909 bits per heavy atom. The van der Waals surface area contributed by atoms with Gasteiger partial charge in [-0.15, -0.1) is 50.9 Å². The molecule has 0 amide bonds. The zero-order valence-electron chi connectivity index (χ0n) is 7.79. The molecule has 0 atom stereocenters. The molecule has 0 aliphatic heterocycles. The quantitative estimate of drug-likeness (QED) is 0.679. The van der Waals surface area contributed by atoms with Crippen LogP contribution in [-0.4, -0.2) is 31.2 Å². The molecule has 0 aromatic rings. The lowest BCUT2D eigenvalue weighted by atomic mass is 10.4. The van der Waals surface area contributed by atoms with Crippen LogP contribution in [0.5, 0.6) is 0 Å². The van der Waals surface area contributed by atoms with Crippen molar-refractivity contribution in [3.63, 3.8) is 0 Å². The van der Waals surface area contributed by atoms with Gasteiger partial charge in [-0.1, -0.05) is 0 Å². The Bertz CT molecular complexity index is 56.4. The molecule has 0 saturated heterocycles. The van der Waals surface area contributed by atoms with Crippen LogP contribution in [0.15, 0.2) is 0 Å². The summed E-state index contributed by atoms with van der Waals surface area (Å²) in [4.78, 5) is 0. The topological polar surface area (TPSA) is 0 Å². The molecule has 0 fully saturated rings. The van der Waals surface area contributed by atoms with Crippen molar-refractivity contribution in [2.45, 2.75) is 20.8 Å². The molecule has 0 aliphatic carbocycles. The second-order valence-electron chi connectivity index (χ2n) is 2.57. The van der Waals surface area contributed by atoms with Gasteiger partial charge in [0.25, 0.3) is 0 Å². The molecule has 0 aromatic carbocycles. The molecule has 4 heteroatoms. The smallest absolute Gasteiger partial charge is 0.0755 e. The number of hydrogen-bond acceptors (Lipinski definition) is 0. The maximum Gasteiger partial charge on any atom is 0.0755 e. The Balaban J connectivity index is -0.0000000817. The second-order valence-corrected chi connectivity index (χ2v) is 2.57. The van der Waals surface area contributed by atoms with E-state index >= 15 is 0 Å². The lowest BCUT2D eigenvalue weighted by Crippen LogP contribution is -2.42. The molecule has 11 heavy (non-hydrogen) atoms. The summed E-state index contributed by atoms with van der Waals surface area (Å²) in [5, 5.41) is 0. The van der Waals surface area contributed by atoms with Gasteiger partial charge in [-0.2, -0.15) is 0 Å². The van der Waals surface area contributed by atoms with E-state index in [1.165, 1.54) is 24.1 Å². The van der Waals surface area contributed by atoms with Gasteiger partial charge in [0.05, 0.1) is 26.7 Å². The van der Waals surface area contributed by atoms with Crippen LogP contribution in [0, 0.1) is 0 Å². The van der Waals surface area contributed by atoms with E-state index < -0.39 is 0 Å². The molecule has 0 bridgehead atoms. The van der Waals surface area contributed by atoms with E-state index in [-0.39, 0.29) is 50.9 Å². The standard InChI is InChI=1S/C7H18N.3BrH/c1-5-8(4,6-2)7-3;;;/h5-7H2,1-4H3;3*1H/q+1;;;. The fourth-order valence-electron chi connectivity index (χ4n) is 0.671. The summed E-state index contributed by atoms with van der Waals surface area (Å²) >= 11 is 0. The van der Waals surface area contributed by atoms with Crippen LogP contribution in [-0.2, 0) is 0 Å². The molecule has 0 unspecified atom stereocenters. The van der Waals surface area contributed by atoms with Crippen molar-refractivity contribution in [2.75, 3.05) is 26.7 Å². The van der Waals surface area contributed by atoms with Crippen molar-refractivity contribution >= 4 is 50.9 Å². The van der Waals surface area contributed by atoms with E-state index in [4.69, 9.17) is 0 Å².